The van der Waals surface area contributed by atoms with Crippen LogP contribution in [0.3, 0.4) is 0 Å². The first kappa shape index (κ1) is 14.3. The number of nitrogens with one attached hydrogen (secondary N) is 1. The van der Waals surface area contributed by atoms with Crippen molar-refractivity contribution >= 4 is 43.2 Å². The maximum atomic E-state index is 13.1. The third-order valence-corrected chi connectivity index (χ3v) is 4.36. The van der Waals surface area contributed by atoms with E-state index in [4.69, 9.17) is 11.6 Å². The number of benzene rings is 1. The molecule has 0 aliphatic rings. The van der Waals surface area contributed by atoms with Crippen molar-refractivity contribution in [2.24, 2.45) is 7.05 Å². The summed E-state index contributed by atoms with van der Waals surface area (Å²) >= 11 is 8.86. The molecule has 1 N–H and O–H groups in total. The Morgan fingerprint density at radius 1 is 1.47 bits per heavy atom. The van der Waals surface area contributed by atoms with Gasteiger partial charge in [-0.3, -0.25) is 4.72 Å². The summed E-state index contributed by atoms with van der Waals surface area (Å²) in [7, 11) is -2.22. The molecule has 1 aromatic heterocycles. The van der Waals surface area contributed by atoms with E-state index in [1.165, 1.54) is 17.1 Å². The standard InChI is InChI=1S/C10H8BrClFN3O2S/c1-16-4-9(14-5-16)19(17,18)15-10-7(11)2-6(13)3-8(10)12/h2-5,15H,1H3. The van der Waals surface area contributed by atoms with E-state index >= 15 is 0 Å². The average Bonchev–Trinajstić information content (AvgIpc) is 2.71. The molecule has 5 nitrogen and oxygen atoms in total. The van der Waals surface area contributed by atoms with Crippen LogP contribution in [0.2, 0.25) is 5.02 Å². The smallest absolute Gasteiger partial charge is 0.281 e. The minimum Gasteiger partial charge on any atom is -0.339 e. The molecule has 0 aliphatic carbocycles. The number of halogens is 3. The minimum absolute atomic E-state index is 0.0496. The molecular formula is C10H8BrClFN3O2S. The Bertz CT molecular complexity index is 709. The summed E-state index contributed by atoms with van der Waals surface area (Å²) in [5, 5.41) is -0.200. The Morgan fingerprint density at radius 2 is 2.16 bits per heavy atom. The fourth-order valence-electron chi connectivity index (χ4n) is 1.35. The first-order chi connectivity index (χ1) is 8.79. The molecule has 1 aromatic carbocycles. The highest BCUT2D eigenvalue weighted by Crippen LogP contribution is 2.33. The molecule has 0 unspecified atom stereocenters. The highest BCUT2D eigenvalue weighted by molar-refractivity contribution is 9.10. The molecule has 102 valence electrons. The van der Waals surface area contributed by atoms with Gasteiger partial charge >= 0.3 is 0 Å². The van der Waals surface area contributed by atoms with Gasteiger partial charge in [0.1, 0.15) is 5.82 Å². The van der Waals surface area contributed by atoms with E-state index in [-0.39, 0.29) is 20.2 Å². The molecule has 0 bridgehead atoms. The van der Waals surface area contributed by atoms with Gasteiger partial charge in [-0.05, 0) is 28.1 Å². The van der Waals surface area contributed by atoms with E-state index in [1.807, 2.05) is 0 Å². The zero-order valence-corrected chi connectivity index (χ0v) is 12.7. The Hall–Kier alpha value is -1.12. The molecule has 0 amide bonds. The largest absolute Gasteiger partial charge is 0.339 e. The van der Waals surface area contributed by atoms with Crippen molar-refractivity contribution in [2.75, 3.05) is 4.72 Å². The van der Waals surface area contributed by atoms with E-state index in [1.54, 1.807) is 7.05 Å². The number of aromatic nitrogens is 2. The molecule has 9 heteroatoms. The highest BCUT2D eigenvalue weighted by Gasteiger charge is 2.20. The van der Waals surface area contributed by atoms with Crippen LogP contribution < -0.4 is 4.72 Å². The predicted octanol–water partition coefficient (Wildman–Crippen LogP) is 2.78. The quantitative estimate of drug-likeness (QED) is 0.906. The van der Waals surface area contributed by atoms with Crippen molar-refractivity contribution in [3.05, 3.63) is 40.0 Å². The third kappa shape index (κ3) is 3.07. The molecule has 0 saturated carbocycles. The van der Waals surface area contributed by atoms with Gasteiger partial charge in [-0.2, -0.15) is 8.42 Å². The van der Waals surface area contributed by atoms with Crippen LogP contribution in [-0.4, -0.2) is 18.0 Å². The minimum atomic E-state index is -3.87. The Balaban J connectivity index is 2.41. The molecule has 19 heavy (non-hydrogen) atoms. The molecule has 0 saturated heterocycles. The van der Waals surface area contributed by atoms with Gasteiger partial charge in [0.2, 0.25) is 0 Å². The number of aryl methyl sites for hydroxylation is 1. The van der Waals surface area contributed by atoms with Gasteiger partial charge in [0, 0.05) is 17.7 Å². The van der Waals surface area contributed by atoms with Crippen molar-refractivity contribution in [3.63, 3.8) is 0 Å². The van der Waals surface area contributed by atoms with Gasteiger partial charge < -0.3 is 4.57 Å². The monoisotopic (exact) mass is 367 g/mol. The second kappa shape index (κ2) is 5.10. The van der Waals surface area contributed by atoms with Crippen LogP contribution >= 0.6 is 27.5 Å². The van der Waals surface area contributed by atoms with Crippen LogP contribution in [0.15, 0.2) is 34.2 Å². The van der Waals surface area contributed by atoms with Crippen molar-refractivity contribution in [2.45, 2.75) is 5.03 Å². The summed E-state index contributed by atoms with van der Waals surface area (Å²) < 4.78 is 41.1. The van der Waals surface area contributed by atoms with Crippen LogP contribution in [0.1, 0.15) is 0 Å². The number of imidazole rings is 1. The molecule has 2 rings (SSSR count). The summed E-state index contributed by atoms with van der Waals surface area (Å²) in [5.41, 5.74) is 0.0636. The zero-order chi connectivity index (χ0) is 14.2. The van der Waals surface area contributed by atoms with Gasteiger partial charge in [0.05, 0.1) is 17.0 Å². The van der Waals surface area contributed by atoms with Crippen molar-refractivity contribution in [1.29, 1.82) is 0 Å². The second-order valence-electron chi connectivity index (χ2n) is 3.73. The lowest BCUT2D eigenvalue weighted by molar-refractivity contribution is 0.598. The van der Waals surface area contributed by atoms with Crippen LogP contribution in [0.4, 0.5) is 10.1 Å². The first-order valence-corrected chi connectivity index (χ1v) is 7.60. The molecular weight excluding hydrogens is 361 g/mol. The Morgan fingerprint density at radius 3 is 2.68 bits per heavy atom. The number of sulfonamides is 1. The van der Waals surface area contributed by atoms with Gasteiger partial charge in [0.15, 0.2) is 5.03 Å². The lowest BCUT2D eigenvalue weighted by Gasteiger charge is -2.10. The van der Waals surface area contributed by atoms with Crippen LogP contribution in [0, 0.1) is 5.82 Å². The normalized spacial score (nSPS) is 11.6. The number of nitrogens with zero attached hydrogens (tertiary/aromatic N) is 2. The highest BCUT2D eigenvalue weighted by atomic mass is 79.9. The lowest BCUT2D eigenvalue weighted by atomic mass is 10.3. The zero-order valence-electron chi connectivity index (χ0n) is 9.56. The summed E-state index contributed by atoms with van der Waals surface area (Å²) in [6.45, 7) is 0. The number of rotatable bonds is 3. The fourth-order valence-corrected chi connectivity index (χ4v) is 3.52. The predicted molar refractivity (Wildman–Crippen MR) is 73.1 cm³/mol. The van der Waals surface area contributed by atoms with Gasteiger partial charge in [-0.15, -0.1) is 0 Å². The SMILES string of the molecule is Cn1cnc(S(=O)(=O)Nc2c(Cl)cc(F)cc2Br)c1. The van der Waals surface area contributed by atoms with Crippen LogP contribution in [0.5, 0.6) is 0 Å². The summed E-state index contributed by atoms with van der Waals surface area (Å²) in [6.07, 6.45) is 2.70. The Kier molecular flexibility index (Phi) is 3.84. The number of anilines is 1. The third-order valence-electron chi connectivity index (χ3n) is 2.20. The van der Waals surface area contributed by atoms with E-state index in [0.717, 1.165) is 12.1 Å². The fraction of sp³-hybridized carbons (Fsp3) is 0.100. The second-order valence-corrected chi connectivity index (χ2v) is 6.62. The summed E-state index contributed by atoms with van der Waals surface area (Å²) in [4.78, 5) is 3.74. The van der Waals surface area contributed by atoms with Crippen molar-refractivity contribution < 1.29 is 12.8 Å². The van der Waals surface area contributed by atoms with Crippen molar-refractivity contribution in [1.82, 2.24) is 9.55 Å². The molecule has 0 fully saturated rings. The first-order valence-electron chi connectivity index (χ1n) is 4.95. The summed E-state index contributed by atoms with van der Waals surface area (Å²) in [5.74, 6) is -0.572. The number of hydrogen-bond donors (Lipinski definition) is 1. The molecule has 0 radical (unpaired) electrons. The molecule has 0 aliphatic heterocycles. The van der Waals surface area contributed by atoms with Gasteiger partial charge in [-0.25, -0.2) is 9.37 Å². The molecule has 2 aromatic rings. The summed E-state index contributed by atoms with van der Waals surface area (Å²) in [6, 6.07) is 2.13. The van der Waals surface area contributed by atoms with E-state index < -0.39 is 15.8 Å². The lowest BCUT2D eigenvalue weighted by Crippen LogP contribution is -2.14. The molecule has 0 spiro atoms. The van der Waals surface area contributed by atoms with Crippen LogP contribution in [0.25, 0.3) is 0 Å². The average molecular weight is 369 g/mol. The maximum absolute atomic E-state index is 13.1. The van der Waals surface area contributed by atoms with E-state index in [9.17, 15) is 12.8 Å². The van der Waals surface area contributed by atoms with Gasteiger partial charge in [-0.1, -0.05) is 11.6 Å². The Labute approximate surface area is 122 Å². The van der Waals surface area contributed by atoms with Crippen molar-refractivity contribution in [3.8, 4) is 0 Å². The topological polar surface area (TPSA) is 64.0 Å². The van der Waals surface area contributed by atoms with E-state index in [2.05, 4.69) is 25.6 Å². The molecule has 0 atom stereocenters. The van der Waals surface area contributed by atoms with Crippen LogP contribution in [-0.2, 0) is 17.1 Å². The van der Waals surface area contributed by atoms with Gasteiger partial charge in [0.25, 0.3) is 10.0 Å². The van der Waals surface area contributed by atoms with E-state index in [0.29, 0.717) is 0 Å². The maximum Gasteiger partial charge on any atom is 0.281 e. The number of hydrogen-bond acceptors (Lipinski definition) is 3. The molecule has 1 heterocycles.